The smallest absolute Gasteiger partial charge is 0.312 e. The molecule has 1 unspecified atom stereocenters. The Labute approximate surface area is 101 Å². The summed E-state index contributed by atoms with van der Waals surface area (Å²) < 4.78 is 23.5. The summed E-state index contributed by atoms with van der Waals surface area (Å²) in [4.78, 5) is 11.1. The Hall–Kier alpha value is -1.36. The first-order chi connectivity index (χ1) is 7.84. The van der Waals surface area contributed by atoms with Gasteiger partial charge in [0.05, 0.1) is 16.9 Å². The maximum Gasteiger partial charge on any atom is 0.312 e. The molecule has 94 valence electrons. The quantitative estimate of drug-likeness (QED) is 0.870. The van der Waals surface area contributed by atoms with Crippen LogP contribution in [0.4, 0.5) is 0 Å². The Morgan fingerprint density at radius 2 is 1.76 bits per heavy atom. The summed E-state index contributed by atoms with van der Waals surface area (Å²) in [6, 6.07) is 8.43. The van der Waals surface area contributed by atoms with E-state index in [4.69, 9.17) is 5.11 Å². The fraction of sp³-hybridized carbons (Fsp3) is 0.417. The largest absolute Gasteiger partial charge is 0.481 e. The van der Waals surface area contributed by atoms with Crippen molar-refractivity contribution >= 4 is 15.8 Å². The third kappa shape index (κ3) is 3.56. The zero-order valence-corrected chi connectivity index (χ0v) is 10.6. The van der Waals surface area contributed by atoms with Crippen molar-refractivity contribution in [3.05, 3.63) is 35.9 Å². The van der Waals surface area contributed by atoms with E-state index < -0.39 is 27.0 Å². The molecular weight excluding hydrogens is 240 g/mol. The molecule has 0 fully saturated rings. The molecular formula is C12H16O4S. The van der Waals surface area contributed by atoms with Crippen LogP contribution in [0.1, 0.15) is 25.3 Å². The summed E-state index contributed by atoms with van der Waals surface area (Å²) in [5.74, 6) is -2.46. The van der Waals surface area contributed by atoms with Gasteiger partial charge in [-0.25, -0.2) is 8.42 Å². The van der Waals surface area contributed by atoms with E-state index in [1.165, 1.54) is 0 Å². The lowest BCUT2D eigenvalue weighted by Gasteiger charge is -2.14. The Kier molecular flexibility index (Phi) is 4.28. The van der Waals surface area contributed by atoms with Gasteiger partial charge in [-0.2, -0.15) is 0 Å². The van der Waals surface area contributed by atoms with Crippen LogP contribution in [0.25, 0.3) is 0 Å². The van der Waals surface area contributed by atoms with E-state index in [0.717, 1.165) is 0 Å². The van der Waals surface area contributed by atoms with Gasteiger partial charge >= 0.3 is 5.97 Å². The molecule has 17 heavy (non-hydrogen) atoms. The van der Waals surface area contributed by atoms with Crippen LogP contribution in [0.5, 0.6) is 0 Å². The third-order valence-electron chi connectivity index (χ3n) is 2.62. The van der Waals surface area contributed by atoms with Gasteiger partial charge in [-0.05, 0) is 19.4 Å². The fourth-order valence-corrected chi connectivity index (χ4v) is 2.60. The fourth-order valence-electron chi connectivity index (χ4n) is 1.42. The standard InChI is InChI=1S/C12H16O4S/c1-9(2)17(15,16)8-11(12(13)14)10-6-4-3-5-7-10/h3-7,9,11H,8H2,1-2H3,(H,13,14). The molecule has 1 aromatic carbocycles. The molecule has 0 saturated carbocycles. The van der Waals surface area contributed by atoms with Crippen LogP contribution >= 0.6 is 0 Å². The number of aliphatic carboxylic acids is 1. The summed E-state index contributed by atoms with van der Waals surface area (Å²) in [5, 5.41) is 8.55. The van der Waals surface area contributed by atoms with Crippen molar-refractivity contribution in [2.24, 2.45) is 0 Å². The van der Waals surface area contributed by atoms with Crippen molar-refractivity contribution in [2.75, 3.05) is 5.75 Å². The van der Waals surface area contributed by atoms with Gasteiger partial charge in [0.2, 0.25) is 0 Å². The lowest BCUT2D eigenvalue weighted by Crippen LogP contribution is -2.26. The van der Waals surface area contributed by atoms with E-state index >= 15 is 0 Å². The highest BCUT2D eigenvalue weighted by atomic mass is 32.2. The molecule has 0 spiro atoms. The van der Waals surface area contributed by atoms with Gasteiger partial charge in [-0.15, -0.1) is 0 Å². The molecule has 0 aliphatic carbocycles. The minimum atomic E-state index is -3.37. The summed E-state index contributed by atoms with van der Waals surface area (Å²) >= 11 is 0. The monoisotopic (exact) mass is 256 g/mol. The van der Waals surface area contributed by atoms with Gasteiger partial charge in [0.1, 0.15) is 0 Å². The Balaban J connectivity index is 3.02. The second-order valence-electron chi connectivity index (χ2n) is 4.18. The van der Waals surface area contributed by atoms with Gasteiger partial charge in [-0.3, -0.25) is 4.79 Å². The van der Waals surface area contributed by atoms with E-state index in [1.54, 1.807) is 44.2 Å². The molecule has 1 rings (SSSR count). The molecule has 0 amide bonds. The molecule has 1 atom stereocenters. The number of hydrogen-bond donors (Lipinski definition) is 1. The number of carboxylic acids is 1. The number of carbonyl (C=O) groups is 1. The van der Waals surface area contributed by atoms with Crippen LogP contribution in [0, 0.1) is 0 Å². The molecule has 0 bridgehead atoms. The number of sulfone groups is 1. The SMILES string of the molecule is CC(C)S(=O)(=O)CC(C(=O)O)c1ccccc1. The van der Waals surface area contributed by atoms with Crippen LogP contribution in [-0.2, 0) is 14.6 Å². The maximum atomic E-state index is 11.8. The molecule has 0 heterocycles. The molecule has 0 saturated heterocycles. The average Bonchev–Trinajstić information content (AvgIpc) is 2.26. The number of carboxylic acid groups (broad SMARTS) is 1. The first-order valence-corrected chi connectivity index (χ1v) is 7.05. The van der Waals surface area contributed by atoms with Crippen molar-refractivity contribution in [1.29, 1.82) is 0 Å². The third-order valence-corrected chi connectivity index (χ3v) is 4.85. The normalized spacial score (nSPS) is 13.6. The van der Waals surface area contributed by atoms with Gasteiger partial charge in [0, 0.05) is 0 Å². The number of hydrogen-bond acceptors (Lipinski definition) is 3. The zero-order valence-electron chi connectivity index (χ0n) is 9.83. The number of benzene rings is 1. The van der Waals surface area contributed by atoms with Crippen molar-refractivity contribution in [3.8, 4) is 0 Å². The molecule has 4 nitrogen and oxygen atoms in total. The second kappa shape index (κ2) is 5.31. The first kappa shape index (κ1) is 13.7. The summed E-state index contributed by atoms with van der Waals surface area (Å²) in [5.41, 5.74) is 0.518. The second-order valence-corrected chi connectivity index (χ2v) is 6.78. The van der Waals surface area contributed by atoms with Crippen molar-refractivity contribution in [2.45, 2.75) is 25.0 Å². The highest BCUT2D eigenvalue weighted by Gasteiger charge is 2.28. The summed E-state index contributed by atoms with van der Waals surface area (Å²) in [7, 11) is -3.37. The molecule has 1 N–H and O–H groups in total. The van der Waals surface area contributed by atoms with Gasteiger partial charge in [0.15, 0.2) is 9.84 Å². The lowest BCUT2D eigenvalue weighted by molar-refractivity contribution is -0.138. The topological polar surface area (TPSA) is 71.4 Å². The van der Waals surface area contributed by atoms with E-state index in [0.29, 0.717) is 5.56 Å². The van der Waals surface area contributed by atoms with Crippen LogP contribution in [0.3, 0.4) is 0 Å². The van der Waals surface area contributed by atoms with Gasteiger partial charge in [0.25, 0.3) is 0 Å². The van der Waals surface area contributed by atoms with Crippen LogP contribution in [0.15, 0.2) is 30.3 Å². The molecule has 1 aromatic rings. The zero-order chi connectivity index (χ0) is 13.1. The van der Waals surface area contributed by atoms with Crippen LogP contribution in [-0.4, -0.2) is 30.5 Å². The molecule has 5 heteroatoms. The van der Waals surface area contributed by atoms with Crippen LogP contribution in [0.2, 0.25) is 0 Å². The minimum Gasteiger partial charge on any atom is -0.481 e. The minimum absolute atomic E-state index is 0.357. The molecule has 0 aliphatic rings. The lowest BCUT2D eigenvalue weighted by atomic mass is 10.0. The highest BCUT2D eigenvalue weighted by Crippen LogP contribution is 2.20. The Morgan fingerprint density at radius 1 is 1.24 bits per heavy atom. The highest BCUT2D eigenvalue weighted by molar-refractivity contribution is 7.92. The maximum absolute atomic E-state index is 11.8. The molecule has 0 aromatic heterocycles. The van der Waals surface area contributed by atoms with E-state index in [-0.39, 0.29) is 5.75 Å². The Morgan fingerprint density at radius 3 is 2.18 bits per heavy atom. The van der Waals surface area contributed by atoms with Crippen molar-refractivity contribution in [1.82, 2.24) is 0 Å². The van der Waals surface area contributed by atoms with Gasteiger partial charge < -0.3 is 5.11 Å². The first-order valence-electron chi connectivity index (χ1n) is 5.34. The molecule has 0 aliphatic heterocycles. The predicted molar refractivity (Wildman–Crippen MR) is 65.7 cm³/mol. The molecule has 0 radical (unpaired) electrons. The summed E-state index contributed by atoms with van der Waals surface area (Å²) in [6.45, 7) is 3.11. The number of rotatable bonds is 5. The van der Waals surface area contributed by atoms with E-state index in [2.05, 4.69) is 0 Å². The predicted octanol–water partition coefficient (Wildman–Crippen LogP) is 1.68. The van der Waals surface area contributed by atoms with Crippen molar-refractivity contribution < 1.29 is 18.3 Å². The van der Waals surface area contributed by atoms with Crippen LogP contribution < -0.4 is 0 Å². The van der Waals surface area contributed by atoms with E-state index in [9.17, 15) is 13.2 Å². The van der Waals surface area contributed by atoms with Crippen molar-refractivity contribution in [3.63, 3.8) is 0 Å². The van der Waals surface area contributed by atoms with E-state index in [1.807, 2.05) is 0 Å². The Bertz CT molecular complexity index is 476. The van der Waals surface area contributed by atoms with Gasteiger partial charge in [-0.1, -0.05) is 30.3 Å². The summed E-state index contributed by atoms with van der Waals surface area (Å²) in [6.07, 6.45) is 0. The average molecular weight is 256 g/mol.